The molecule has 1 aromatic rings. The number of anilines is 2. The van der Waals surface area contributed by atoms with E-state index in [-0.39, 0.29) is 0 Å². The number of benzene rings is 1. The maximum atomic E-state index is 11.3. The molecule has 0 aliphatic heterocycles. The highest BCUT2D eigenvalue weighted by Gasteiger charge is 2.32. The van der Waals surface area contributed by atoms with Gasteiger partial charge in [0.05, 0.1) is 16.9 Å². The molecule has 0 saturated heterocycles. The lowest BCUT2D eigenvalue weighted by molar-refractivity contribution is 0.0697. The van der Waals surface area contributed by atoms with Gasteiger partial charge in [-0.25, -0.2) is 4.79 Å². The van der Waals surface area contributed by atoms with Gasteiger partial charge >= 0.3 is 5.97 Å². The highest BCUT2D eigenvalue weighted by Crippen LogP contribution is 2.37. The second kappa shape index (κ2) is 4.88. The van der Waals surface area contributed by atoms with Crippen LogP contribution in [-0.2, 0) is 0 Å². The van der Waals surface area contributed by atoms with E-state index in [0.717, 1.165) is 19.4 Å². The molecular formula is C14H20N2O2. The number of carboxylic acid groups (broad SMARTS) is 1. The predicted molar refractivity (Wildman–Crippen MR) is 73.0 cm³/mol. The molecule has 1 saturated carbocycles. The second-order valence-corrected chi connectivity index (χ2v) is 5.33. The average Bonchev–Trinajstić information content (AvgIpc) is 3.09. The van der Waals surface area contributed by atoms with Crippen molar-refractivity contribution in [1.82, 2.24) is 0 Å². The van der Waals surface area contributed by atoms with Crippen molar-refractivity contribution >= 4 is 17.3 Å². The molecule has 1 aliphatic rings. The van der Waals surface area contributed by atoms with Crippen LogP contribution in [0.3, 0.4) is 0 Å². The smallest absolute Gasteiger partial charge is 0.337 e. The SMILES string of the molecule is CC(C)CN(c1c(N)cccc1C(=O)O)C1CC1. The van der Waals surface area contributed by atoms with Crippen LogP contribution in [0.25, 0.3) is 0 Å². The minimum Gasteiger partial charge on any atom is -0.478 e. The summed E-state index contributed by atoms with van der Waals surface area (Å²) in [5.41, 5.74) is 7.56. The summed E-state index contributed by atoms with van der Waals surface area (Å²) in [6.45, 7) is 5.11. The average molecular weight is 248 g/mol. The zero-order chi connectivity index (χ0) is 13.3. The fourth-order valence-corrected chi connectivity index (χ4v) is 2.26. The summed E-state index contributed by atoms with van der Waals surface area (Å²) in [4.78, 5) is 13.5. The Balaban J connectivity index is 2.42. The van der Waals surface area contributed by atoms with E-state index in [1.807, 2.05) is 0 Å². The van der Waals surface area contributed by atoms with E-state index >= 15 is 0 Å². The van der Waals surface area contributed by atoms with E-state index in [9.17, 15) is 9.90 Å². The van der Waals surface area contributed by atoms with E-state index in [2.05, 4.69) is 18.7 Å². The van der Waals surface area contributed by atoms with Gasteiger partial charge < -0.3 is 15.7 Å². The van der Waals surface area contributed by atoms with Gasteiger partial charge in [-0.05, 0) is 30.9 Å². The van der Waals surface area contributed by atoms with Gasteiger partial charge in [-0.15, -0.1) is 0 Å². The maximum absolute atomic E-state index is 11.3. The Labute approximate surface area is 107 Å². The number of nitrogen functional groups attached to an aromatic ring is 1. The van der Waals surface area contributed by atoms with Crippen molar-refractivity contribution in [2.24, 2.45) is 5.92 Å². The van der Waals surface area contributed by atoms with Crippen LogP contribution in [0, 0.1) is 5.92 Å². The lowest BCUT2D eigenvalue weighted by Crippen LogP contribution is -2.32. The quantitative estimate of drug-likeness (QED) is 0.786. The van der Waals surface area contributed by atoms with Crippen LogP contribution < -0.4 is 10.6 Å². The van der Waals surface area contributed by atoms with Crippen molar-refractivity contribution in [3.8, 4) is 0 Å². The third-order valence-corrected chi connectivity index (χ3v) is 3.13. The molecule has 18 heavy (non-hydrogen) atoms. The van der Waals surface area contributed by atoms with Crippen LogP contribution in [0.15, 0.2) is 18.2 Å². The van der Waals surface area contributed by atoms with Crippen molar-refractivity contribution in [2.75, 3.05) is 17.2 Å². The number of hydrogen-bond acceptors (Lipinski definition) is 3. The summed E-state index contributed by atoms with van der Waals surface area (Å²) in [5, 5.41) is 9.29. The Morgan fingerprint density at radius 3 is 2.67 bits per heavy atom. The Morgan fingerprint density at radius 2 is 2.17 bits per heavy atom. The number of para-hydroxylation sites is 1. The molecule has 98 valence electrons. The van der Waals surface area contributed by atoms with Crippen LogP contribution in [-0.4, -0.2) is 23.7 Å². The number of aromatic carboxylic acids is 1. The number of nitrogens with two attached hydrogens (primary N) is 1. The van der Waals surface area contributed by atoms with Gasteiger partial charge in [0, 0.05) is 12.6 Å². The molecule has 0 unspecified atom stereocenters. The molecule has 4 heteroatoms. The standard InChI is InChI=1S/C14H20N2O2/c1-9(2)8-16(10-6-7-10)13-11(14(17)18)4-3-5-12(13)15/h3-5,9-10H,6-8,15H2,1-2H3,(H,17,18). The third kappa shape index (κ3) is 2.58. The van der Waals surface area contributed by atoms with Crippen molar-refractivity contribution in [3.63, 3.8) is 0 Å². The number of nitrogens with zero attached hydrogens (tertiary/aromatic N) is 1. The van der Waals surface area contributed by atoms with Crippen molar-refractivity contribution in [1.29, 1.82) is 0 Å². The van der Waals surface area contributed by atoms with E-state index in [4.69, 9.17) is 5.73 Å². The topological polar surface area (TPSA) is 66.6 Å². The molecule has 4 nitrogen and oxygen atoms in total. The minimum atomic E-state index is -0.910. The summed E-state index contributed by atoms with van der Waals surface area (Å²) in [6, 6.07) is 5.56. The fourth-order valence-electron chi connectivity index (χ4n) is 2.26. The summed E-state index contributed by atoms with van der Waals surface area (Å²) in [7, 11) is 0. The molecular weight excluding hydrogens is 228 g/mol. The van der Waals surface area contributed by atoms with Crippen molar-refractivity contribution < 1.29 is 9.90 Å². The van der Waals surface area contributed by atoms with Crippen LogP contribution >= 0.6 is 0 Å². The molecule has 0 heterocycles. The maximum Gasteiger partial charge on any atom is 0.337 e. The molecule has 0 radical (unpaired) electrons. The van der Waals surface area contributed by atoms with Crippen molar-refractivity contribution in [3.05, 3.63) is 23.8 Å². The van der Waals surface area contributed by atoms with Gasteiger partial charge in [0.15, 0.2) is 0 Å². The highest BCUT2D eigenvalue weighted by molar-refractivity contribution is 5.98. The van der Waals surface area contributed by atoms with Crippen LogP contribution in [0.1, 0.15) is 37.0 Å². The summed E-state index contributed by atoms with van der Waals surface area (Å²) >= 11 is 0. The Morgan fingerprint density at radius 1 is 1.50 bits per heavy atom. The van der Waals surface area contributed by atoms with Gasteiger partial charge in [0.1, 0.15) is 0 Å². The minimum absolute atomic E-state index is 0.308. The Kier molecular flexibility index (Phi) is 3.45. The molecule has 0 aromatic heterocycles. The molecule has 0 bridgehead atoms. The van der Waals surface area contributed by atoms with Gasteiger partial charge in [0.2, 0.25) is 0 Å². The summed E-state index contributed by atoms with van der Waals surface area (Å²) in [6.07, 6.45) is 2.25. The molecule has 2 rings (SSSR count). The molecule has 0 amide bonds. The highest BCUT2D eigenvalue weighted by atomic mass is 16.4. The van der Waals surface area contributed by atoms with E-state index in [1.165, 1.54) is 0 Å². The number of rotatable bonds is 5. The molecule has 0 atom stereocenters. The zero-order valence-electron chi connectivity index (χ0n) is 10.9. The van der Waals surface area contributed by atoms with Gasteiger partial charge in [-0.2, -0.15) is 0 Å². The van der Waals surface area contributed by atoms with Crippen LogP contribution in [0.5, 0.6) is 0 Å². The molecule has 3 N–H and O–H groups in total. The first-order chi connectivity index (χ1) is 8.50. The van der Waals surface area contributed by atoms with E-state index in [0.29, 0.717) is 28.9 Å². The first-order valence-corrected chi connectivity index (χ1v) is 6.39. The molecule has 1 aromatic carbocycles. The first-order valence-electron chi connectivity index (χ1n) is 6.39. The number of hydrogen-bond donors (Lipinski definition) is 2. The van der Waals surface area contributed by atoms with Crippen molar-refractivity contribution in [2.45, 2.75) is 32.7 Å². The molecule has 1 fully saturated rings. The number of carbonyl (C=O) groups is 1. The van der Waals surface area contributed by atoms with Crippen LogP contribution in [0.2, 0.25) is 0 Å². The second-order valence-electron chi connectivity index (χ2n) is 5.33. The Hall–Kier alpha value is -1.71. The van der Waals surface area contributed by atoms with Gasteiger partial charge in [-0.3, -0.25) is 0 Å². The molecule has 0 spiro atoms. The van der Waals surface area contributed by atoms with Crippen LogP contribution in [0.4, 0.5) is 11.4 Å². The molecule has 1 aliphatic carbocycles. The van der Waals surface area contributed by atoms with E-state index in [1.54, 1.807) is 18.2 Å². The third-order valence-electron chi connectivity index (χ3n) is 3.13. The van der Waals surface area contributed by atoms with E-state index < -0.39 is 5.97 Å². The number of carboxylic acids is 1. The van der Waals surface area contributed by atoms with Gasteiger partial charge in [0.25, 0.3) is 0 Å². The fraction of sp³-hybridized carbons (Fsp3) is 0.500. The largest absolute Gasteiger partial charge is 0.478 e. The first kappa shape index (κ1) is 12.7. The lowest BCUT2D eigenvalue weighted by Gasteiger charge is -2.29. The zero-order valence-corrected chi connectivity index (χ0v) is 10.9. The normalized spacial score (nSPS) is 14.8. The Bertz CT molecular complexity index is 453. The van der Waals surface area contributed by atoms with Gasteiger partial charge in [-0.1, -0.05) is 19.9 Å². The monoisotopic (exact) mass is 248 g/mol. The summed E-state index contributed by atoms with van der Waals surface area (Å²) in [5.74, 6) is -0.432. The summed E-state index contributed by atoms with van der Waals surface area (Å²) < 4.78 is 0. The predicted octanol–water partition coefficient (Wildman–Crippen LogP) is 2.59. The lowest BCUT2D eigenvalue weighted by atomic mass is 10.1.